The lowest BCUT2D eigenvalue weighted by Crippen LogP contribution is -2.22. The predicted octanol–water partition coefficient (Wildman–Crippen LogP) is 2.95. The third-order valence-electron chi connectivity index (χ3n) is 2.02. The summed E-state index contributed by atoms with van der Waals surface area (Å²) in [7, 11) is -1.11. The Labute approximate surface area is 113 Å². The van der Waals surface area contributed by atoms with E-state index in [0.29, 0.717) is 22.9 Å². The quantitative estimate of drug-likeness (QED) is 0.868. The average molecular weight is 320 g/mol. The van der Waals surface area contributed by atoms with Crippen LogP contribution in [0.1, 0.15) is 20.8 Å². The Kier molecular flexibility index (Phi) is 5.16. The van der Waals surface area contributed by atoms with Crippen LogP contribution in [0.4, 0.5) is 5.69 Å². The van der Waals surface area contributed by atoms with Crippen LogP contribution in [-0.4, -0.2) is 22.2 Å². The molecular formula is C12H18BrNO2S. The molecule has 0 aliphatic heterocycles. The van der Waals surface area contributed by atoms with Crippen LogP contribution >= 0.6 is 15.9 Å². The van der Waals surface area contributed by atoms with Crippen molar-refractivity contribution in [2.24, 2.45) is 0 Å². The highest BCUT2D eigenvalue weighted by molar-refractivity contribution is 9.10. The first kappa shape index (κ1) is 14.7. The molecule has 0 saturated carbocycles. The lowest BCUT2D eigenvalue weighted by atomic mass is 10.2. The molecule has 1 rings (SSSR count). The summed E-state index contributed by atoms with van der Waals surface area (Å²) in [6, 6.07) is 5.39. The summed E-state index contributed by atoms with van der Waals surface area (Å²) >= 11 is 3.32. The molecule has 0 spiro atoms. The van der Waals surface area contributed by atoms with Crippen LogP contribution in [0.5, 0.6) is 0 Å². The van der Waals surface area contributed by atoms with Gasteiger partial charge in [0, 0.05) is 10.2 Å². The van der Waals surface area contributed by atoms with Gasteiger partial charge in [-0.15, -0.1) is 0 Å². The molecule has 0 bridgehead atoms. The molecule has 0 aromatic heterocycles. The van der Waals surface area contributed by atoms with Gasteiger partial charge < -0.3 is 10.5 Å². The summed E-state index contributed by atoms with van der Waals surface area (Å²) in [6.45, 7) is 6.39. The molecule has 3 nitrogen and oxygen atoms in total. The number of nitrogen functional groups attached to an aromatic ring is 1. The molecular weight excluding hydrogens is 302 g/mol. The van der Waals surface area contributed by atoms with Gasteiger partial charge in [-0.25, -0.2) is 0 Å². The fourth-order valence-corrected chi connectivity index (χ4v) is 2.64. The average Bonchev–Trinajstić information content (AvgIpc) is 2.15. The summed E-state index contributed by atoms with van der Waals surface area (Å²) in [5.74, 6) is 0.461. The number of benzene rings is 1. The molecule has 0 fully saturated rings. The Hall–Kier alpha value is -0.390. The highest BCUT2D eigenvalue weighted by Crippen LogP contribution is 2.21. The summed E-state index contributed by atoms with van der Waals surface area (Å²) in [5.41, 5.74) is 6.17. The SMILES string of the molecule is CC(C)(C)OCCS(=O)c1ccc(Br)cc1N. The maximum atomic E-state index is 12.0. The summed E-state index contributed by atoms with van der Waals surface area (Å²) in [6.07, 6.45) is 0. The number of rotatable bonds is 4. The minimum atomic E-state index is -1.11. The zero-order valence-corrected chi connectivity index (χ0v) is 12.7. The van der Waals surface area contributed by atoms with Gasteiger partial charge in [0.2, 0.25) is 0 Å². The van der Waals surface area contributed by atoms with Crippen LogP contribution in [0, 0.1) is 0 Å². The maximum Gasteiger partial charge on any atom is 0.0619 e. The van der Waals surface area contributed by atoms with E-state index in [0.717, 1.165) is 4.47 Å². The van der Waals surface area contributed by atoms with Crippen molar-refractivity contribution >= 4 is 32.4 Å². The van der Waals surface area contributed by atoms with E-state index in [1.165, 1.54) is 0 Å². The van der Waals surface area contributed by atoms with E-state index in [-0.39, 0.29) is 5.60 Å². The number of nitrogens with two attached hydrogens (primary N) is 1. The first-order chi connectivity index (χ1) is 7.79. The first-order valence-electron chi connectivity index (χ1n) is 5.37. The van der Waals surface area contributed by atoms with Gasteiger partial charge in [0.15, 0.2) is 0 Å². The van der Waals surface area contributed by atoms with Crippen LogP contribution in [0.2, 0.25) is 0 Å². The van der Waals surface area contributed by atoms with E-state index < -0.39 is 10.8 Å². The second-order valence-corrected chi connectivity index (χ2v) is 7.15. The lowest BCUT2D eigenvalue weighted by molar-refractivity contribution is 0.00669. The molecule has 0 aliphatic rings. The van der Waals surface area contributed by atoms with E-state index >= 15 is 0 Å². The van der Waals surface area contributed by atoms with Crippen molar-refractivity contribution < 1.29 is 8.95 Å². The normalized spacial score (nSPS) is 13.6. The second-order valence-electron chi connectivity index (χ2n) is 4.69. The topological polar surface area (TPSA) is 52.3 Å². The first-order valence-corrected chi connectivity index (χ1v) is 7.48. The molecule has 5 heteroatoms. The van der Waals surface area contributed by atoms with Crippen LogP contribution in [-0.2, 0) is 15.5 Å². The Morgan fingerprint density at radius 1 is 1.41 bits per heavy atom. The van der Waals surface area contributed by atoms with E-state index in [9.17, 15) is 4.21 Å². The Bertz CT molecular complexity index is 415. The predicted molar refractivity (Wildman–Crippen MR) is 75.5 cm³/mol. The number of ether oxygens (including phenoxy) is 1. The van der Waals surface area contributed by atoms with Crippen molar-refractivity contribution in [3.8, 4) is 0 Å². The van der Waals surface area contributed by atoms with E-state index in [4.69, 9.17) is 10.5 Å². The monoisotopic (exact) mass is 319 g/mol. The number of halogens is 1. The molecule has 0 heterocycles. The molecule has 1 atom stereocenters. The minimum absolute atomic E-state index is 0.199. The van der Waals surface area contributed by atoms with Crippen LogP contribution in [0.25, 0.3) is 0 Å². The van der Waals surface area contributed by atoms with Crippen molar-refractivity contribution in [1.29, 1.82) is 0 Å². The Morgan fingerprint density at radius 3 is 2.59 bits per heavy atom. The molecule has 1 aromatic rings. The lowest BCUT2D eigenvalue weighted by Gasteiger charge is -2.19. The fraction of sp³-hybridized carbons (Fsp3) is 0.500. The Morgan fingerprint density at radius 2 is 2.06 bits per heavy atom. The highest BCUT2D eigenvalue weighted by Gasteiger charge is 2.12. The third kappa shape index (κ3) is 5.19. The van der Waals surface area contributed by atoms with Gasteiger partial charge in [0.1, 0.15) is 0 Å². The van der Waals surface area contributed by atoms with Crippen molar-refractivity contribution in [2.45, 2.75) is 31.3 Å². The maximum absolute atomic E-state index is 12.0. The molecule has 0 aliphatic carbocycles. The molecule has 1 aromatic carbocycles. The van der Waals surface area contributed by atoms with Crippen molar-refractivity contribution in [3.05, 3.63) is 22.7 Å². The molecule has 0 amide bonds. The standard InChI is InChI=1S/C12H18BrNO2S/c1-12(2,3)16-6-7-17(15)11-5-4-9(13)8-10(11)14/h4-5,8H,6-7,14H2,1-3H3. The van der Waals surface area contributed by atoms with Gasteiger partial charge in [0.25, 0.3) is 0 Å². The fourth-order valence-electron chi connectivity index (χ4n) is 1.26. The Balaban J connectivity index is 2.59. The van der Waals surface area contributed by atoms with Crippen LogP contribution < -0.4 is 5.73 Å². The van der Waals surface area contributed by atoms with Gasteiger partial charge in [-0.3, -0.25) is 4.21 Å². The second kappa shape index (κ2) is 5.98. The minimum Gasteiger partial charge on any atom is -0.398 e. The van der Waals surface area contributed by atoms with Crippen molar-refractivity contribution in [2.75, 3.05) is 18.1 Å². The molecule has 1 unspecified atom stereocenters. The number of hydrogen-bond donors (Lipinski definition) is 1. The van der Waals surface area contributed by atoms with Gasteiger partial charge in [-0.05, 0) is 39.0 Å². The van der Waals surface area contributed by atoms with Crippen molar-refractivity contribution in [3.63, 3.8) is 0 Å². The zero-order chi connectivity index (χ0) is 13.1. The smallest absolute Gasteiger partial charge is 0.0619 e. The summed E-state index contributed by atoms with van der Waals surface area (Å²) in [5, 5.41) is 0. The van der Waals surface area contributed by atoms with Crippen molar-refractivity contribution in [1.82, 2.24) is 0 Å². The molecule has 0 saturated heterocycles. The van der Waals surface area contributed by atoms with Crippen LogP contribution in [0.15, 0.2) is 27.6 Å². The third-order valence-corrected chi connectivity index (χ3v) is 3.91. The molecule has 17 heavy (non-hydrogen) atoms. The van der Waals surface area contributed by atoms with E-state index in [1.54, 1.807) is 12.1 Å². The molecule has 0 radical (unpaired) electrons. The van der Waals surface area contributed by atoms with E-state index in [1.807, 2.05) is 26.8 Å². The molecule has 2 N–H and O–H groups in total. The van der Waals surface area contributed by atoms with Crippen LogP contribution in [0.3, 0.4) is 0 Å². The van der Waals surface area contributed by atoms with E-state index in [2.05, 4.69) is 15.9 Å². The summed E-state index contributed by atoms with van der Waals surface area (Å²) < 4.78 is 18.4. The molecule has 96 valence electrons. The largest absolute Gasteiger partial charge is 0.398 e. The van der Waals surface area contributed by atoms with Gasteiger partial charge in [0.05, 0.1) is 33.7 Å². The highest BCUT2D eigenvalue weighted by atomic mass is 79.9. The number of anilines is 1. The van der Waals surface area contributed by atoms with Gasteiger partial charge in [-0.2, -0.15) is 0 Å². The van der Waals surface area contributed by atoms with Gasteiger partial charge in [-0.1, -0.05) is 15.9 Å². The summed E-state index contributed by atoms with van der Waals surface area (Å²) in [4.78, 5) is 0.672. The van der Waals surface area contributed by atoms with Gasteiger partial charge >= 0.3 is 0 Å². The zero-order valence-electron chi connectivity index (χ0n) is 10.3. The number of hydrogen-bond acceptors (Lipinski definition) is 3.